The van der Waals surface area contributed by atoms with E-state index >= 15 is 0 Å². The molecule has 0 N–H and O–H groups in total. The summed E-state index contributed by atoms with van der Waals surface area (Å²) in [4.78, 5) is 10.2. The molecule has 0 bridgehead atoms. The summed E-state index contributed by atoms with van der Waals surface area (Å²) >= 11 is 1.74. The van der Waals surface area contributed by atoms with Gasteiger partial charge in [0.05, 0.1) is 21.4 Å². The van der Waals surface area contributed by atoms with E-state index in [1.54, 1.807) is 11.3 Å². The fourth-order valence-corrected chi connectivity index (χ4v) is 8.23. The lowest BCUT2D eigenvalue weighted by Crippen LogP contribution is -1.93. The third-order valence-corrected chi connectivity index (χ3v) is 10.8. The molecule has 228 valence electrons. The van der Waals surface area contributed by atoms with Crippen LogP contribution in [0.3, 0.4) is 0 Å². The Balaban J connectivity index is 1.11. The second-order valence-electron chi connectivity index (χ2n) is 12.6. The molecule has 10 aromatic rings. The van der Waals surface area contributed by atoms with Crippen LogP contribution < -0.4 is 0 Å². The molecule has 0 aliphatic carbocycles. The van der Waals surface area contributed by atoms with Crippen molar-refractivity contribution in [1.82, 2.24) is 9.97 Å². The smallest absolute Gasteiger partial charge is 0.124 e. The van der Waals surface area contributed by atoms with Gasteiger partial charge in [0.2, 0.25) is 0 Å². The van der Waals surface area contributed by atoms with Crippen molar-refractivity contribution in [3.63, 3.8) is 0 Å². The Kier molecular flexibility index (Phi) is 6.39. The molecule has 2 aromatic heterocycles. The first kappa shape index (κ1) is 27.9. The number of aromatic nitrogens is 2. The summed E-state index contributed by atoms with van der Waals surface area (Å²) in [6.45, 7) is 0. The number of benzene rings is 8. The lowest BCUT2D eigenvalue weighted by atomic mass is 9.89. The number of hydrogen-bond donors (Lipinski definition) is 0. The lowest BCUT2D eigenvalue weighted by Gasteiger charge is -2.16. The summed E-state index contributed by atoms with van der Waals surface area (Å²) in [6, 6.07) is 61.0. The van der Waals surface area contributed by atoms with Gasteiger partial charge in [0.1, 0.15) is 5.01 Å². The van der Waals surface area contributed by atoms with Gasteiger partial charge in [-0.1, -0.05) is 140 Å². The molecule has 2 heterocycles. The molecule has 0 unspecified atom stereocenters. The molecular weight excluding hydrogens is 613 g/mol. The highest BCUT2D eigenvalue weighted by Gasteiger charge is 2.17. The average Bonchev–Trinajstić information content (AvgIpc) is 3.62. The molecule has 49 heavy (non-hydrogen) atoms. The highest BCUT2D eigenvalue weighted by Crippen LogP contribution is 2.42. The average molecular weight is 641 g/mol. The molecule has 8 aromatic carbocycles. The van der Waals surface area contributed by atoms with Crippen molar-refractivity contribution < 1.29 is 0 Å². The molecule has 0 aliphatic rings. The molecule has 0 amide bonds. The minimum absolute atomic E-state index is 1.01. The third-order valence-electron chi connectivity index (χ3n) is 9.68. The van der Waals surface area contributed by atoms with Crippen molar-refractivity contribution in [2.75, 3.05) is 0 Å². The summed E-state index contributed by atoms with van der Waals surface area (Å²) in [6.07, 6.45) is 0. The highest BCUT2D eigenvalue weighted by atomic mass is 32.1. The first-order chi connectivity index (χ1) is 24.3. The van der Waals surface area contributed by atoms with E-state index in [1.165, 1.54) is 59.3 Å². The van der Waals surface area contributed by atoms with E-state index in [0.717, 1.165) is 38.2 Å². The number of thiazole rings is 1. The van der Waals surface area contributed by atoms with Crippen LogP contribution in [0, 0.1) is 0 Å². The van der Waals surface area contributed by atoms with Crippen LogP contribution in [0.2, 0.25) is 0 Å². The Morgan fingerprint density at radius 2 is 0.959 bits per heavy atom. The van der Waals surface area contributed by atoms with E-state index in [-0.39, 0.29) is 0 Å². The van der Waals surface area contributed by atoms with Crippen LogP contribution in [0.1, 0.15) is 0 Å². The first-order valence-corrected chi connectivity index (χ1v) is 17.4. The number of nitrogens with zero attached hydrogens (tertiary/aromatic N) is 2. The zero-order chi connectivity index (χ0) is 32.3. The molecule has 0 fully saturated rings. The second-order valence-corrected chi connectivity index (χ2v) is 13.6. The Hall–Kier alpha value is -6.16. The predicted molar refractivity (Wildman–Crippen MR) is 209 cm³/mol. The van der Waals surface area contributed by atoms with E-state index in [1.807, 2.05) is 6.07 Å². The molecule has 0 saturated carbocycles. The number of para-hydroxylation sites is 2. The fourth-order valence-electron chi connectivity index (χ4n) is 7.25. The van der Waals surface area contributed by atoms with Crippen molar-refractivity contribution in [3.05, 3.63) is 170 Å². The maximum atomic E-state index is 5.31. The van der Waals surface area contributed by atoms with Crippen LogP contribution in [0.5, 0.6) is 0 Å². The maximum Gasteiger partial charge on any atom is 0.124 e. The normalized spacial score (nSPS) is 11.7. The van der Waals surface area contributed by atoms with E-state index < -0.39 is 0 Å². The number of rotatable bonds is 4. The quantitative estimate of drug-likeness (QED) is 0.179. The Labute approximate surface area is 287 Å². The third kappa shape index (κ3) is 4.70. The Bertz CT molecular complexity index is 2830. The monoisotopic (exact) mass is 640 g/mol. The number of hydrogen-bond acceptors (Lipinski definition) is 3. The van der Waals surface area contributed by atoms with Crippen LogP contribution in [0.15, 0.2) is 170 Å². The molecular formula is C46H28N2S. The van der Waals surface area contributed by atoms with E-state index in [0.29, 0.717) is 0 Å². The van der Waals surface area contributed by atoms with Crippen molar-refractivity contribution in [3.8, 4) is 44.1 Å². The Morgan fingerprint density at radius 3 is 1.73 bits per heavy atom. The summed E-state index contributed by atoms with van der Waals surface area (Å²) in [5.41, 5.74) is 10.1. The van der Waals surface area contributed by atoms with Crippen LogP contribution in [0.25, 0.3) is 97.5 Å². The number of fused-ring (bicyclic) bond motifs is 7. The van der Waals surface area contributed by atoms with Crippen LogP contribution in [-0.2, 0) is 0 Å². The van der Waals surface area contributed by atoms with Gasteiger partial charge < -0.3 is 0 Å². The summed E-state index contributed by atoms with van der Waals surface area (Å²) < 4.78 is 1.21. The molecule has 2 nitrogen and oxygen atoms in total. The van der Waals surface area contributed by atoms with Gasteiger partial charge in [0.15, 0.2) is 0 Å². The Morgan fingerprint density at radius 1 is 0.367 bits per heavy atom. The van der Waals surface area contributed by atoms with Crippen molar-refractivity contribution >= 4 is 64.8 Å². The molecule has 0 radical (unpaired) electrons. The molecule has 0 atom stereocenters. The largest absolute Gasteiger partial charge is 0.247 e. The zero-order valence-corrected chi connectivity index (χ0v) is 27.3. The van der Waals surface area contributed by atoms with Gasteiger partial charge in [0, 0.05) is 27.3 Å². The number of pyridine rings is 1. The molecule has 3 heteroatoms. The lowest BCUT2D eigenvalue weighted by molar-refractivity contribution is 1.43. The van der Waals surface area contributed by atoms with Gasteiger partial charge >= 0.3 is 0 Å². The molecule has 0 spiro atoms. The van der Waals surface area contributed by atoms with Gasteiger partial charge in [-0.2, -0.15) is 0 Å². The fraction of sp³-hybridized carbons (Fsp3) is 0. The van der Waals surface area contributed by atoms with E-state index in [9.17, 15) is 0 Å². The van der Waals surface area contributed by atoms with Crippen LogP contribution in [-0.4, -0.2) is 9.97 Å². The maximum absolute atomic E-state index is 5.31. The second kappa shape index (κ2) is 11.2. The minimum atomic E-state index is 1.01. The topological polar surface area (TPSA) is 25.8 Å². The molecule has 0 saturated heterocycles. The van der Waals surface area contributed by atoms with Gasteiger partial charge in [-0.3, -0.25) is 0 Å². The molecule has 10 rings (SSSR count). The minimum Gasteiger partial charge on any atom is -0.247 e. The van der Waals surface area contributed by atoms with Gasteiger partial charge in [-0.15, -0.1) is 11.3 Å². The molecule has 0 aliphatic heterocycles. The predicted octanol–water partition coefficient (Wildman–Crippen LogP) is 13.0. The SMILES string of the molecule is c1ccc2cc(-c3nc4ccccc4c4c3cc(-c3ccc(-c5ccc(-c6nc7ccccc7s6)cc5)cc3)c3ccccc34)ccc2c1. The van der Waals surface area contributed by atoms with Crippen LogP contribution in [0.4, 0.5) is 0 Å². The summed E-state index contributed by atoms with van der Waals surface area (Å²) in [5.74, 6) is 0. The van der Waals surface area contributed by atoms with Gasteiger partial charge in [0.25, 0.3) is 0 Å². The standard InChI is InChI=1S/C46H28N2S/c1-2-10-34-27-35(26-21-29(34)9-1)45-40-28-39(36-11-3-4-12-37(36)44(40)38-13-5-6-14-41(38)47-45)32-22-17-30(18-23-32)31-19-24-33(25-20-31)46-48-42-15-7-8-16-43(42)49-46/h1-28H. The van der Waals surface area contributed by atoms with E-state index in [2.05, 4.69) is 164 Å². The first-order valence-electron chi connectivity index (χ1n) is 16.6. The van der Waals surface area contributed by atoms with Gasteiger partial charge in [-0.05, 0) is 74.1 Å². The zero-order valence-electron chi connectivity index (χ0n) is 26.5. The van der Waals surface area contributed by atoms with Gasteiger partial charge in [-0.25, -0.2) is 9.97 Å². The van der Waals surface area contributed by atoms with Crippen LogP contribution >= 0.6 is 11.3 Å². The van der Waals surface area contributed by atoms with Crippen molar-refractivity contribution in [1.29, 1.82) is 0 Å². The summed E-state index contributed by atoms with van der Waals surface area (Å²) in [7, 11) is 0. The highest BCUT2D eigenvalue weighted by molar-refractivity contribution is 7.21. The summed E-state index contributed by atoms with van der Waals surface area (Å²) in [5, 5.41) is 9.57. The van der Waals surface area contributed by atoms with Crippen molar-refractivity contribution in [2.45, 2.75) is 0 Å². The van der Waals surface area contributed by atoms with E-state index in [4.69, 9.17) is 9.97 Å². The van der Waals surface area contributed by atoms with Crippen molar-refractivity contribution in [2.24, 2.45) is 0 Å².